The van der Waals surface area contributed by atoms with Crippen molar-refractivity contribution in [2.24, 2.45) is 0 Å². The molecule has 1 aromatic carbocycles. The summed E-state index contributed by atoms with van der Waals surface area (Å²) in [4.78, 5) is 15.0. The quantitative estimate of drug-likeness (QED) is 0.798. The Morgan fingerprint density at radius 3 is 2.69 bits per heavy atom. The second-order valence-electron chi connectivity index (χ2n) is 6.77. The van der Waals surface area contributed by atoms with Gasteiger partial charge in [0.15, 0.2) is 11.5 Å². The van der Waals surface area contributed by atoms with Crippen LogP contribution in [0.4, 0.5) is 0 Å². The van der Waals surface area contributed by atoms with Crippen LogP contribution in [-0.4, -0.2) is 77.0 Å². The standard InChI is InChI=1S/C17H25N3O5S/c1-19(2)26(22,23)13-9-14(16-15(10-13)24-7-8-25-16)17(21)18-11-12-5-4-6-20(12)3/h9-10,12H,4-8,11H2,1-3H3,(H,18,21). The summed E-state index contributed by atoms with van der Waals surface area (Å²) >= 11 is 0. The number of benzene rings is 1. The molecule has 144 valence electrons. The predicted octanol–water partition coefficient (Wildman–Crippen LogP) is 0.532. The molecule has 8 nitrogen and oxygen atoms in total. The normalized spacial score (nSPS) is 20.4. The Morgan fingerprint density at radius 2 is 2.04 bits per heavy atom. The van der Waals surface area contributed by atoms with E-state index in [1.165, 1.54) is 26.2 Å². The van der Waals surface area contributed by atoms with Gasteiger partial charge in [0.25, 0.3) is 5.91 Å². The highest BCUT2D eigenvalue weighted by Crippen LogP contribution is 2.37. The number of fused-ring (bicyclic) bond motifs is 1. The number of hydrogen-bond acceptors (Lipinski definition) is 6. The van der Waals surface area contributed by atoms with Crippen molar-refractivity contribution in [2.75, 3.05) is 47.4 Å². The summed E-state index contributed by atoms with van der Waals surface area (Å²) in [6, 6.07) is 3.06. The van der Waals surface area contributed by atoms with Crippen LogP contribution in [0.2, 0.25) is 0 Å². The molecular formula is C17H25N3O5S. The minimum absolute atomic E-state index is 0.00915. The van der Waals surface area contributed by atoms with E-state index in [0.29, 0.717) is 31.5 Å². The number of carbonyl (C=O) groups is 1. The average Bonchev–Trinajstić information content (AvgIpc) is 3.03. The highest BCUT2D eigenvalue weighted by Gasteiger charge is 2.28. The lowest BCUT2D eigenvalue weighted by Crippen LogP contribution is -2.38. The number of nitrogens with zero attached hydrogens (tertiary/aromatic N) is 2. The van der Waals surface area contributed by atoms with Crippen molar-refractivity contribution in [3.63, 3.8) is 0 Å². The number of carbonyl (C=O) groups excluding carboxylic acids is 1. The van der Waals surface area contributed by atoms with Gasteiger partial charge in [0.05, 0.1) is 10.5 Å². The molecule has 0 spiro atoms. The van der Waals surface area contributed by atoms with E-state index in [9.17, 15) is 13.2 Å². The number of nitrogens with one attached hydrogen (secondary N) is 1. The Balaban J connectivity index is 1.90. The summed E-state index contributed by atoms with van der Waals surface area (Å²) in [5, 5.41) is 2.90. The van der Waals surface area contributed by atoms with Gasteiger partial charge in [-0.2, -0.15) is 0 Å². The molecule has 0 radical (unpaired) electrons. The lowest BCUT2D eigenvalue weighted by molar-refractivity contribution is 0.0932. The maximum atomic E-state index is 12.8. The fourth-order valence-corrected chi connectivity index (χ4v) is 4.14. The minimum Gasteiger partial charge on any atom is -0.486 e. The highest BCUT2D eigenvalue weighted by atomic mass is 32.2. The lowest BCUT2D eigenvalue weighted by atomic mass is 10.1. The molecule has 2 aliphatic heterocycles. The van der Waals surface area contributed by atoms with E-state index in [2.05, 4.69) is 10.2 Å². The monoisotopic (exact) mass is 383 g/mol. The third-order valence-electron chi connectivity index (χ3n) is 4.81. The highest BCUT2D eigenvalue weighted by molar-refractivity contribution is 7.89. The maximum Gasteiger partial charge on any atom is 0.255 e. The van der Waals surface area contributed by atoms with E-state index >= 15 is 0 Å². The van der Waals surface area contributed by atoms with Crippen LogP contribution in [0.15, 0.2) is 17.0 Å². The van der Waals surface area contributed by atoms with Crippen molar-refractivity contribution in [1.82, 2.24) is 14.5 Å². The van der Waals surface area contributed by atoms with Gasteiger partial charge in [0, 0.05) is 32.7 Å². The molecule has 1 unspecified atom stereocenters. The molecule has 0 aliphatic carbocycles. The van der Waals surface area contributed by atoms with Crippen LogP contribution in [0.5, 0.6) is 11.5 Å². The summed E-state index contributed by atoms with van der Waals surface area (Å²) in [7, 11) is 1.23. The molecular weight excluding hydrogens is 358 g/mol. The number of sulfonamides is 1. The van der Waals surface area contributed by atoms with Gasteiger partial charge in [-0.25, -0.2) is 12.7 Å². The molecule has 2 heterocycles. The number of amides is 1. The van der Waals surface area contributed by atoms with Crippen LogP contribution in [0, 0.1) is 0 Å². The molecule has 1 aromatic rings. The van der Waals surface area contributed by atoms with E-state index in [1.54, 1.807) is 0 Å². The fourth-order valence-electron chi connectivity index (χ4n) is 3.20. The number of ether oxygens (including phenoxy) is 2. The molecule has 0 bridgehead atoms. The first-order chi connectivity index (χ1) is 12.3. The first kappa shape index (κ1) is 18.9. The molecule has 0 saturated carbocycles. The Morgan fingerprint density at radius 1 is 1.31 bits per heavy atom. The van der Waals surface area contributed by atoms with E-state index in [1.807, 2.05) is 7.05 Å². The molecule has 26 heavy (non-hydrogen) atoms. The third-order valence-corrected chi connectivity index (χ3v) is 6.60. The van der Waals surface area contributed by atoms with Crippen LogP contribution in [0.25, 0.3) is 0 Å². The summed E-state index contributed by atoms with van der Waals surface area (Å²) in [6.07, 6.45) is 2.14. The van der Waals surface area contributed by atoms with E-state index in [0.717, 1.165) is 23.7 Å². The zero-order valence-electron chi connectivity index (χ0n) is 15.3. The van der Waals surface area contributed by atoms with Crippen LogP contribution in [-0.2, 0) is 10.0 Å². The molecule has 1 atom stereocenters. The van der Waals surface area contributed by atoms with Gasteiger partial charge >= 0.3 is 0 Å². The van der Waals surface area contributed by atoms with Crippen LogP contribution in [0.3, 0.4) is 0 Å². The summed E-state index contributed by atoms with van der Waals surface area (Å²) in [5.41, 5.74) is 0.184. The second kappa shape index (κ2) is 7.42. The maximum absolute atomic E-state index is 12.8. The number of likely N-dealkylation sites (tertiary alicyclic amines) is 1. The van der Waals surface area contributed by atoms with Crippen molar-refractivity contribution in [2.45, 2.75) is 23.8 Å². The largest absolute Gasteiger partial charge is 0.486 e. The van der Waals surface area contributed by atoms with Gasteiger partial charge in [-0.15, -0.1) is 0 Å². The smallest absolute Gasteiger partial charge is 0.255 e. The Kier molecular flexibility index (Phi) is 5.40. The number of likely N-dealkylation sites (N-methyl/N-ethyl adjacent to an activating group) is 1. The van der Waals surface area contributed by atoms with Crippen LogP contribution < -0.4 is 14.8 Å². The zero-order chi connectivity index (χ0) is 18.9. The average molecular weight is 383 g/mol. The molecule has 1 amide bonds. The van der Waals surface area contributed by atoms with Gasteiger partial charge < -0.3 is 19.7 Å². The van der Waals surface area contributed by atoms with E-state index < -0.39 is 10.0 Å². The Labute approximate surface area is 154 Å². The van der Waals surface area contributed by atoms with Crippen molar-refractivity contribution in [3.8, 4) is 11.5 Å². The van der Waals surface area contributed by atoms with E-state index in [-0.39, 0.29) is 22.1 Å². The Hall–Kier alpha value is -1.84. The van der Waals surface area contributed by atoms with Gasteiger partial charge in [-0.05, 0) is 32.5 Å². The number of rotatable bonds is 5. The molecule has 1 saturated heterocycles. The molecule has 0 aromatic heterocycles. The fraction of sp³-hybridized carbons (Fsp3) is 0.588. The summed E-state index contributed by atoms with van der Waals surface area (Å²) in [6.45, 7) is 2.16. The minimum atomic E-state index is -3.70. The van der Waals surface area contributed by atoms with Crippen molar-refractivity contribution in [1.29, 1.82) is 0 Å². The molecule has 1 N–H and O–H groups in total. The van der Waals surface area contributed by atoms with Gasteiger partial charge in [0.1, 0.15) is 13.2 Å². The second-order valence-corrected chi connectivity index (χ2v) is 8.92. The van der Waals surface area contributed by atoms with Gasteiger partial charge in [0.2, 0.25) is 10.0 Å². The van der Waals surface area contributed by atoms with Crippen molar-refractivity contribution in [3.05, 3.63) is 17.7 Å². The Bertz CT molecular complexity index is 794. The van der Waals surface area contributed by atoms with Gasteiger partial charge in [-0.1, -0.05) is 0 Å². The number of hydrogen-bond donors (Lipinski definition) is 1. The lowest BCUT2D eigenvalue weighted by Gasteiger charge is -2.24. The van der Waals surface area contributed by atoms with E-state index in [4.69, 9.17) is 9.47 Å². The summed E-state index contributed by atoms with van der Waals surface area (Å²) in [5.74, 6) is 0.219. The first-order valence-electron chi connectivity index (χ1n) is 8.65. The van der Waals surface area contributed by atoms with Crippen molar-refractivity contribution < 1.29 is 22.7 Å². The zero-order valence-corrected chi connectivity index (χ0v) is 16.1. The predicted molar refractivity (Wildman–Crippen MR) is 96.3 cm³/mol. The topological polar surface area (TPSA) is 88.2 Å². The van der Waals surface area contributed by atoms with Crippen LogP contribution in [0.1, 0.15) is 23.2 Å². The van der Waals surface area contributed by atoms with Crippen molar-refractivity contribution >= 4 is 15.9 Å². The third kappa shape index (κ3) is 3.65. The molecule has 3 rings (SSSR count). The van der Waals surface area contributed by atoms with Crippen LogP contribution >= 0.6 is 0 Å². The molecule has 2 aliphatic rings. The van der Waals surface area contributed by atoms with Gasteiger partial charge in [-0.3, -0.25) is 4.79 Å². The first-order valence-corrected chi connectivity index (χ1v) is 10.1. The SMILES string of the molecule is CN1CCCC1CNC(=O)c1cc(S(=O)(=O)N(C)C)cc2c1OCCO2. The molecule has 9 heteroatoms. The summed E-state index contributed by atoms with van der Waals surface area (Å²) < 4.78 is 37.2. The molecule has 1 fully saturated rings.